The van der Waals surface area contributed by atoms with Gasteiger partial charge in [0.15, 0.2) is 0 Å². The molecule has 0 aliphatic heterocycles. The van der Waals surface area contributed by atoms with Gasteiger partial charge in [0.05, 0.1) is 6.54 Å². The predicted molar refractivity (Wildman–Crippen MR) is 62.1 cm³/mol. The van der Waals surface area contributed by atoms with Crippen molar-refractivity contribution >= 4 is 5.91 Å². The summed E-state index contributed by atoms with van der Waals surface area (Å²) in [7, 11) is 0. The van der Waals surface area contributed by atoms with Crippen LogP contribution in [0.25, 0.3) is 0 Å². The summed E-state index contributed by atoms with van der Waals surface area (Å²) in [6, 6.07) is 1.03. The van der Waals surface area contributed by atoms with Crippen LogP contribution in [0.5, 0.6) is 0 Å². The summed E-state index contributed by atoms with van der Waals surface area (Å²) in [5.74, 6) is 0.213. The maximum Gasteiger partial charge on any atom is 0.236 e. The molecule has 2 saturated carbocycles. The lowest BCUT2D eigenvalue weighted by Gasteiger charge is -2.37. The quantitative estimate of drug-likeness (QED) is 0.665. The zero-order valence-electron chi connectivity index (χ0n) is 9.82. The second-order valence-corrected chi connectivity index (χ2v) is 4.90. The second kappa shape index (κ2) is 5.64. The molecular formula is C12H22N2O2. The first-order chi connectivity index (χ1) is 7.81. The topological polar surface area (TPSA) is 52.6 Å². The third-order valence-corrected chi connectivity index (χ3v) is 3.51. The zero-order valence-corrected chi connectivity index (χ0v) is 9.82. The molecule has 0 radical (unpaired) electrons. The fourth-order valence-corrected chi connectivity index (χ4v) is 2.07. The monoisotopic (exact) mass is 226 g/mol. The summed E-state index contributed by atoms with van der Waals surface area (Å²) in [5.41, 5.74) is 0. The van der Waals surface area contributed by atoms with E-state index < -0.39 is 0 Å². The van der Waals surface area contributed by atoms with Crippen molar-refractivity contribution in [3.8, 4) is 0 Å². The van der Waals surface area contributed by atoms with Crippen molar-refractivity contribution < 1.29 is 9.90 Å². The molecule has 2 rings (SSSR count). The van der Waals surface area contributed by atoms with Crippen molar-refractivity contribution in [1.29, 1.82) is 0 Å². The number of aliphatic hydroxyl groups excluding tert-OH is 1. The lowest BCUT2D eigenvalue weighted by atomic mass is 9.91. The summed E-state index contributed by atoms with van der Waals surface area (Å²) < 4.78 is 0. The molecule has 0 aromatic rings. The van der Waals surface area contributed by atoms with Crippen LogP contribution in [-0.4, -0.2) is 47.7 Å². The molecule has 2 fully saturated rings. The Morgan fingerprint density at radius 3 is 2.56 bits per heavy atom. The Morgan fingerprint density at radius 1 is 1.31 bits per heavy atom. The minimum absolute atomic E-state index is 0.173. The Labute approximate surface area is 97.0 Å². The zero-order chi connectivity index (χ0) is 11.4. The highest BCUT2D eigenvalue weighted by atomic mass is 16.3. The van der Waals surface area contributed by atoms with Crippen LogP contribution in [0.4, 0.5) is 0 Å². The molecule has 2 aliphatic rings. The van der Waals surface area contributed by atoms with Gasteiger partial charge in [-0.1, -0.05) is 0 Å². The third kappa shape index (κ3) is 3.19. The van der Waals surface area contributed by atoms with E-state index in [-0.39, 0.29) is 12.5 Å². The molecule has 0 heterocycles. The molecule has 0 spiro atoms. The molecule has 0 atom stereocenters. The van der Waals surface area contributed by atoms with Crippen molar-refractivity contribution in [2.45, 2.75) is 50.6 Å². The maximum atomic E-state index is 12.0. The Balaban J connectivity index is 1.75. The number of amides is 1. The van der Waals surface area contributed by atoms with Gasteiger partial charge in [-0.25, -0.2) is 0 Å². The molecule has 0 aromatic heterocycles. The first-order valence-electron chi connectivity index (χ1n) is 6.45. The lowest BCUT2D eigenvalue weighted by molar-refractivity contribution is -0.134. The first kappa shape index (κ1) is 11.9. The predicted octanol–water partition coefficient (Wildman–Crippen LogP) is 0.502. The molecule has 2 N–H and O–H groups in total. The van der Waals surface area contributed by atoms with E-state index in [1.54, 1.807) is 0 Å². The number of carbonyl (C=O) groups excluding carboxylic acids is 1. The van der Waals surface area contributed by atoms with Crippen LogP contribution < -0.4 is 5.32 Å². The van der Waals surface area contributed by atoms with Crippen LogP contribution in [0.2, 0.25) is 0 Å². The summed E-state index contributed by atoms with van der Waals surface area (Å²) >= 11 is 0. The third-order valence-electron chi connectivity index (χ3n) is 3.51. The van der Waals surface area contributed by atoms with E-state index in [4.69, 9.17) is 5.11 Å². The highest BCUT2D eigenvalue weighted by molar-refractivity contribution is 5.78. The van der Waals surface area contributed by atoms with Gasteiger partial charge in [-0.15, -0.1) is 0 Å². The molecule has 1 amide bonds. The molecule has 0 aromatic carbocycles. The van der Waals surface area contributed by atoms with E-state index in [0.717, 1.165) is 12.8 Å². The van der Waals surface area contributed by atoms with Crippen LogP contribution in [-0.2, 0) is 4.79 Å². The second-order valence-electron chi connectivity index (χ2n) is 4.90. The van der Waals surface area contributed by atoms with Crippen LogP contribution in [0.1, 0.15) is 38.5 Å². The molecule has 4 nitrogen and oxygen atoms in total. The fourth-order valence-electron chi connectivity index (χ4n) is 2.07. The Morgan fingerprint density at radius 2 is 2.06 bits per heavy atom. The van der Waals surface area contributed by atoms with Gasteiger partial charge in [-0.3, -0.25) is 4.79 Å². The van der Waals surface area contributed by atoms with Crippen molar-refractivity contribution in [2.75, 3.05) is 19.7 Å². The first-order valence-corrected chi connectivity index (χ1v) is 6.45. The average Bonchev–Trinajstić information content (AvgIpc) is 3.01. The molecule has 0 bridgehead atoms. The SMILES string of the molecule is O=C(CNC1CC1)N(CCCO)C1CCC1. The summed E-state index contributed by atoms with van der Waals surface area (Å²) in [5, 5.41) is 12.1. The molecule has 92 valence electrons. The van der Waals surface area contributed by atoms with Gasteiger partial charge in [0.1, 0.15) is 0 Å². The Kier molecular flexibility index (Phi) is 4.18. The number of rotatable bonds is 7. The van der Waals surface area contributed by atoms with E-state index in [2.05, 4.69) is 5.32 Å². The van der Waals surface area contributed by atoms with Crippen LogP contribution in [0.3, 0.4) is 0 Å². The number of hydrogen-bond acceptors (Lipinski definition) is 3. The summed E-state index contributed by atoms with van der Waals surface area (Å²) in [4.78, 5) is 14.0. The van der Waals surface area contributed by atoms with Gasteiger partial charge in [0.2, 0.25) is 5.91 Å². The van der Waals surface area contributed by atoms with Crippen LogP contribution in [0.15, 0.2) is 0 Å². The number of aliphatic hydroxyl groups is 1. The molecule has 0 unspecified atom stereocenters. The Hall–Kier alpha value is -0.610. The van der Waals surface area contributed by atoms with E-state index in [9.17, 15) is 4.79 Å². The van der Waals surface area contributed by atoms with Gasteiger partial charge < -0.3 is 15.3 Å². The highest BCUT2D eigenvalue weighted by Gasteiger charge is 2.29. The van der Waals surface area contributed by atoms with Gasteiger partial charge in [0, 0.05) is 25.2 Å². The van der Waals surface area contributed by atoms with Crippen molar-refractivity contribution in [3.63, 3.8) is 0 Å². The average molecular weight is 226 g/mol. The number of hydrogen-bond donors (Lipinski definition) is 2. The van der Waals surface area contributed by atoms with E-state index >= 15 is 0 Å². The number of nitrogens with zero attached hydrogens (tertiary/aromatic N) is 1. The Bertz CT molecular complexity index is 237. The normalized spacial score (nSPS) is 20.6. The standard InChI is InChI=1S/C12H22N2O2/c15-8-2-7-14(11-3-1-4-11)12(16)9-13-10-5-6-10/h10-11,13,15H,1-9H2. The number of nitrogens with one attached hydrogen (secondary N) is 1. The largest absolute Gasteiger partial charge is 0.396 e. The highest BCUT2D eigenvalue weighted by Crippen LogP contribution is 2.25. The van der Waals surface area contributed by atoms with Gasteiger partial charge in [-0.2, -0.15) is 0 Å². The molecule has 2 aliphatic carbocycles. The molecule has 4 heteroatoms. The lowest BCUT2D eigenvalue weighted by Crippen LogP contribution is -2.48. The van der Waals surface area contributed by atoms with Crippen molar-refractivity contribution in [2.24, 2.45) is 0 Å². The van der Waals surface area contributed by atoms with Crippen LogP contribution in [0, 0.1) is 0 Å². The van der Waals surface area contributed by atoms with Crippen molar-refractivity contribution in [1.82, 2.24) is 10.2 Å². The molecule has 0 saturated heterocycles. The van der Waals surface area contributed by atoms with E-state index in [1.807, 2.05) is 4.90 Å². The smallest absolute Gasteiger partial charge is 0.236 e. The maximum absolute atomic E-state index is 12.0. The summed E-state index contributed by atoms with van der Waals surface area (Å²) in [6.07, 6.45) is 6.65. The van der Waals surface area contributed by atoms with Crippen molar-refractivity contribution in [3.05, 3.63) is 0 Å². The van der Waals surface area contributed by atoms with Gasteiger partial charge in [-0.05, 0) is 38.5 Å². The van der Waals surface area contributed by atoms with E-state index in [0.29, 0.717) is 31.6 Å². The summed E-state index contributed by atoms with van der Waals surface area (Å²) in [6.45, 7) is 1.37. The van der Waals surface area contributed by atoms with E-state index in [1.165, 1.54) is 19.3 Å². The molecule has 16 heavy (non-hydrogen) atoms. The molecular weight excluding hydrogens is 204 g/mol. The minimum atomic E-state index is 0.173. The minimum Gasteiger partial charge on any atom is -0.396 e. The fraction of sp³-hybridized carbons (Fsp3) is 0.917. The van der Waals surface area contributed by atoms with Gasteiger partial charge in [0.25, 0.3) is 0 Å². The van der Waals surface area contributed by atoms with Gasteiger partial charge >= 0.3 is 0 Å². The number of carbonyl (C=O) groups is 1. The van der Waals surface area contributed by atoms with Crippen LogP contribution >= 0.6 is 0 Å².